The minimum Gasteiger partial charge on any atom is -0.480 e. The summed E-state index contributed by atoms with van der Waals surface area (Å²) in [5, 5.41) is 22.8. The van der Waals surface area contributed by atoms with E-state index in [0.29, 0.717) is 12.8 Å². The zero-order chi connectivity index (χ0) is 21.3. The molecule has 30 heavy (non-hydrogen) atoms. The van der Waals surface area contributed by atoms with E-state index in [4.69, 9.17) is 4.74 Å². The van der Waals surface area contributed by atoms with Gasteiger partial charge in [0.2, 0.25) is 0 Å². The van der Waals surface area contributed by atoms with E-state index in [1.807, 2.05) is 36.4 Å². The van der Waals surface area contributed by atoms with Crippen LogP contribution in [-0.4, -0.2) is 40.5 Å². The molecule has 0 aromatic heterocycles. The van der Waals surface area contributed by atoms with Gasteiger partial charge in [-0.15, -0.1) is 0 Å². The van der Waals surface area contributed by atoms with Crippen molar-refractivity contribution >= 4 is 12.1 Å². The van der Waals surface area contributed by atoms with Gasteiger partial charge in [0.15, 0.2) is 0 Å². The van der Waals surface area contributed by atoms with Gasteiger partial charge in [0, 0.05) is 11.8 Å². The van der Waals surface area contributed by atoms with Crippen molar-refractivity contribution in [1.82, 2.24) is 5.32 Å². The number of hydrogen-bond donors (Lipinski definition) is 3. The molecule has 3 N–H and O–H groups in total. The van der Waals surface area contributed by atoms with Crippen LogP contribution in [-0.2, 0) is 9.53 Å². The van der Waals surface area contributed by atoms with E-state index in [1.165, 1.54) is 0 Å². The van der Waals surface area contributed by atoms with Gasteiger partial charge in [-0.25, -0.2) is 9.59 Å². The monoisotopic (exact) mass is 409 g/mol. The van der Waals surface area contributed by atoms with Crippen molar-refractivity contribution in [2.24, 2.45) is 5.92 Å². The Bertz CT molecular complexity index is 909. The second kappa shape index (κ2) is 8.11. The van der Waals surface area contributed by atoms with Gasteiger partial charge in [-0.3, -0.25) is 0 Å². The Kier molecular flexibility index (Phi) is 5.52. The molecule has 3 atom stereocenters. The van der Waals surface area contributed by atoms with Crippen LogP contribution in [0.3, 0.4) is 0 Å². The second-order valence-corrected chi connectivity index (χ2v) is 8.50. The topological polar surface area (TPSA) is 95.9 Å². The number of aliphatic carboxylic acids is 1. The number of nitrogens with one attached hydrogen (secondary N) is 1. The Hall–Kier alpha value is -2.86. The Morgan fingerprint density at radius 3 is 2.27 bits per heavy atom. The Balaban J connectivity index is 1.46. The molecule has 1 fully saturated rings. The molecule has 1 amide bonds. The van der Waals surface area contributed by atoms with Gasteiger partial charge < -0.3 is 20.3 Å². The number of alkyl carbamates (subject to hydrolysis) is 1. The highest BCUT2D eigenvalue weighted by Crippen LogP contribution is 2.44. The SMILES string of the molecule is C[C@@]1(O)CCCC[C@H]1C(NC(=O)OCC1c2ccccc2-c2ccccc21)C(=O)O. The third-order valence-corrected chi connectivity index (χ3v) is 6.53. The van der Waals surface area contributed by atoms with Crippen molar-refractivity contribution in [2.75, 3.05) is 6.61 Å². The lowest BCUT2D eigenvalue weighted by molar-refractivity contribution is -0.146. The molecule has 2 aliphatic carbocycles. The summed E-state index contributed by atoms with van der Waals surface area (Å²) < 4.78 is 5.48. The fourth-order valence-electron chi connectivity index (χ4n) is 4.97. The van der Waals surface area contributed by atoms with Crippen LogP contribution in [0.15, 0.2) is 48.5 Å². The van der Waals surface area contributed by atoms with Crippen molar-refractivity contribution in [2.45, 2.75) is 50.2 Å². The van der Waals surface area contributed by atoms with Gasteiger partial charge >= 0.3 is 12.1 Å². The molecular weight excluding hydrogens is 382 g/mol. The lowest BCUT2D eigenvalue weighted by Crippen LogP contribution is -2.55. The normalized spacial score (nSPS) is 23.9. The number of carboxylic acids is 1. The maximum Gasteiger partial charge on any atom is 0.407 e. The molecule has 0 aliphatic heterocycles. The first-order valence-electron chi connectivity index (χ1n) is 10.4. The molecule has 158 valence electrons. The first-order chi connectivity index (χ1) is 14.4. The molecule has 1 unspecified atom stereocenters. The van der Waals surface area contributed by atoms with E-state index >= 15 is 0 Å². The van der Waals surface area contributed by atoms with E-state index in [1.54, 1.807) is 6.92 Å². The van der Waals surface area contributed by atoms with Gasteiger partial charge in [0.1, 0.15) is 12.6 Å². The van der Waals surface area contributed by atoms with Crippen molar-refractivity contribution in [1.29, 1.82) is 0 Å². The van der Waals surface area contributed by atoms with Gasteiger partial charge in [0.25, 0.3) is 0 Å². The summed E-state index contributed by atoms with van der Waals surface area (Å²) >= 11 is 0. The zero-order valence-electron chi connectivity index (χ0n) is 17.0. The fourth-order valence-corrected chi connectivity index (χ4v) is 4.97. The fraction of sp³-hybridized carbons (Fsp3) is 0.417. The van der Waals surface area contributed by atoms with E-state index < -0.39 is 29.6 Å². The highest BCUT2D eigenvalue weighted by Gasteiger charge is 2.43. The first-order valence-corrected chi connectivity index (χ1v) is 10.4. The molecule has 1 saturated carbocycles. The van der Waals surface area contributed by atoms with Crippen LogP contribution >= 0.6 is 0 Å². The smallest absolute Gasteiger partial charge is 0.407 e. The van der Waals surface area contributed by atoms with Crippen LogP contribution in [0, 0.1) is 5.92 Å². The summed E-state index contributed by atoms with van der Waals surface area (Å²) in [6.45, 7) is 1.76. The number of carbonyl (C=O) groups excluding carboxylic acids is 1. The molecule has 0 saturated heterocycles. The predicted octanol–water partition coefficient (Wildman–Crippen LogP) is 3.92. The summed E-state index contributed by atoms with van der Waals surface area (Å²) in [6.07, 6.45) is 1.98. The number of fused-ring (bicyclic) bond motifs is 3. The summed E-state index contributed by atoms with van der Waals surface area (Å²) in [7, 11) is 0. The molecular formula is C24H27NO5. The molecule has 0 heterocycles. The molecule has 2 aromatic rings. The number of benzene rings is 2. The van der Waals surface area contributed by atoms with Crippen LogP contribution in [0.4, 0.5) is 4.79 Å². The lowest BCUT2D eigenvalue weighted by atomic mass is 9.73. The minimum absolute atomic E-state index is 0.0933. The molecule has 6 heteroatoms. The highest BCUT2D eigenvalue weighted by atomic mass is 16.5. The standard InChI is InChI=1S/C24H27NO5/c1-24(29)13-7-6-12-20(24)21(22(26)27)25-23(28)30-14-19-17-10-4-2-8-15(17)16-9-3-5-11-18(16)19/h2-5,8-11,19-21,29H,6-7,12-14H2,1H3,(H,25,28)(H,26,27)/t20-,21?,24+/m0/s1. The Labute approximate surface area is 175 Å². The Morgan fingerprint density at radius 1 is 1.10 bits per heavy atom. The van der Waals surface area contributed by atoms with E-state index in [9.17, 15) is 19.8 Å². The van der Waals surface area contributed by atoms with Crippen LogP contribution in [0.1, 0.15) is 49.7 Å². The van der Waals surface area contributed by atoms with Crippen LogP contribution in [0.2, 0.25) is 0 Å². The van der Waals surface area contributed by atoms with Crippen molar-refractivity contribution in [3.05, 3.63) is 59.7 Å². The molecule has 0 radical (unpaired) electrons. The third-order valence-electron chi connectivity index (χ3n) is 6.53. The molecule has 6 nitrogen and oxygen atoms in total. The largest absolute Gasteiger partial charge is 0.480 e. The zero-order valence-corrected chi connectivity index (χ0v) is 17.0. The number of aliphatic hydroxyl groups is 1. The van der Waals surface area contributed by atoms with Crippen molar-refractivity contribution < 1.29 is 24.5 Å². The van der Waals surface area contributed by atoms with E-state index in [0.717, 1.165) is 35.1 Å². The average Bonchev–Trinajstić information content (AvgIpc) is 3.04. The Morgan fingerprint density at radius 2 is 1.70 bits per heavy atom. The van der Waals surface area contributed by atoms with Crippen molar-refractivity contribution in [3.8, 4) is 11.1 Å². The van der Waals surface area contributed by atoms with Gasteiger partial charge in [-0.2, -0.15) is 0 Å². The van der Waals surface area contributed by atoms with Gasteiger partial charge in [0.05, 0.1) is 5.60 Å². The summed E-state index contributed by atoms with van der Waals surface area (Å²) in [4.78, 5) is 24.3. The van der Waals surface area contributed by atoms with Crippen LogP contribution in [0.25, 0.3) is 11.1 Å². The molecule has 0 bridgehead atoms. The highest BCUT2D eigenvalue weighted by molar-refractivity contribution is 5.81. The van der Waals surface area contributed by atoms with Crippen LogP contribution in [0.5, 0.6) is 0 Å². The number of hydrogen-bond acceptors (Lipinski definition) is 4. The number of carbonyl (C=O) groups is 2. The summed E-state index contributed by atoms with van der Waals surface area (Å²) in [5.41, 5.74) is 3.32. The average molecular weight is 409 g/mol. The third kappa shape index (κ3) is 3.79. The quantitative estimate of drug-likeness (QED) is 0.696. The summed E-state index contributed by atoms with van der Waals surface area (Å²) in [5.74, 6) is -1.80. The number of carboxylic acid groups (broad SMARTS) is 1. The number of amides is 1. The van der Waals surface area contributed by atoms with E-state index in [-0.39, 0.29) is 12.5 Å². The summed E-state index contributed by atoms with van der Waals surface area (Å²) in [6, 6.07) is 14.9. The number of rotatable bonds is 5. The molecule has 2 aromatic carbocycles. The maximum absolute atomic E-state index is 12.5. The molecule has 2 aliphatic rings. The van der Waals surface area contributed by atoms with Crippen LogP contribution < -0.4 is 5.32 Å². The maximum atomic E-state index is 12.5. The van der Waals surface area contributed by atoms with Gasteiger partial charge in [-0.1, -0.05) is 61.4 Å². The molecule has 0 spiro atoms. The first kappa shape index (κ1) is 20.4. The second-order valence-electron chi connectivity index (χ2n) is 8.50. The minimum atomic E-state index is -1.18. The predicted molar refractivity (Wildman–Crippen MR) is 112 cm³/mol. The number of ether oxygens (including phenoxy) is 1. The lowest BCUT2D eigenvalue weighted by Gasteiger charge is -2.40. The van der Waals surface area contributed by atoms with Crippen molar-refractivity contribution in [3.63, 3.8) is 0 Å². The molecule has 4 rings (SSSR count). The van der Waals surface area contributed by atoms with Gasteiger partial charge in [-0.05, 0) is 42.0 Å². The van der Waals surface area contributed by atoms with E-state index in [2.05, 4.69) is 17.4 Å².